The van der Waals surface area contributed by atoms with Gasteiger partial charge in [0, 0.05) is 18.8 Å². The first-order chi connectivity index (χ1) is 4.43. The molecule has 0 N–H and O–H groups in total. The highest BCUT2D eigenvalue weighted by Crippen LogP contribution is 1.94. The highest BCUT2D eigenvalue weighted by Gasteiger charge is 1.85. The van der Waals surface area contributed by atoms with Crippen molar-refractivity contribution in [1.29, 1.82) is 0 Å². The Hall–Kier alpha value is -0.680. The fraction of sp³-hybridized carbons (Fsp3) is 0.143. The number of nitrogens with zero attached hydrogens (tertiary/aromatic N) is 1. The van der Waals surface area contributed by atoms with Crippen molar-refractivity contribution in [1.82, 2.24) is 4.98 Å². The van der Waals surface area contributed by atoms with Crippen LogP contribution < -0.4 is 0 Å². The van der Waals surface area contributed by atoms with E-state index in [-0.39, 0.29) is 0 Å². The van der Waals surface area contributed by atoms with Crippen molar-refractivity contribution in [3.63, 3.8) is 0 Å². The third-order valence-electron chi connectivity index (χ3n) is 1.10. The van der Waals surface area contributed by atoms with Crippen molar-refractivity contribution in [3.05, 3.63) is 30.1 Å². The molecule has 1 aromatic rings. The van der Waals surface area contributed by atoms with Crippen LogP contribution in [-0.4, -0.2) is 10.8 Å². The minimum absolute atomic E-state index is 1.01. The molecule has 1 rings (SSSR count). The van der Waals surface area contributed by atoms with Gasteiger partial charge in [-0.15, -0.1) is 0 Å². The van der Waals surface area contributed by atoms with Crippen LogP contribution in [0.2, 0.25) is 0 Å². The molecule has 0 aliphatic rings. The maximum Gasteiger partial charge on any atom is 0.0847 e. The molecule has 1 atom stereocenters. The van der Waals surface area contributed by atoms with E-state index in [1.54, 1.807) is 0 Å². The van der Waals surface area contributed by atoms with E-state index in [9.17, 15) is 0 Å². The Kier molecular flexibility index (Phi) is 2.41. The van der Waals surface area contributed by atoms with Gasteiger partial charge in [-0.1, -0.05) is 0 Å². The highest BCUT2D eigenvalue weighted by atomic mass is 31.0. The van der Waals surface area contributed by atoms with E-state index in [0.717, 1.165) is 6.42 Å². The summed E-state index contributed by atoms with van der Waals surface area (Å²) in [4.78, 5) is 3.91. The van der Waals surface area contributed by atoms with Crippen LogP contribution in [0, 0.1) is 0 Å². The smallest absolute Gasteiger partial charge is 0.0847 e. The number of hydrogen-bond donors (Lipinski definition) is 0. The van der Waals surface area contributed by atoms with E-state index in [0.29, 0.717) is 0 Å². The van der Waals surface area contributed by atoms with Crippen molar-refractivity contribution in [3.8, 4) is 0 Å². The molecule has 0 radical (unpaired) electrons. The molecule has 0 fully saturated rings. The molecule has 1 nitrogen and oxygen atoms in total. The maximum atomic E-state index is 3.91. The molecule has 1 heterocycles. The fourth-order valence-corrected chi connectivity index (χ4v) is 0.927. The second-order valence-electron chi connectivity index (χ2n) is 1.80. The summed E-state index contributed by atoms with van der Waals surface area (Å²) in [6.45, 7) is 0. The summed E-state index contributed by atoms with van der Waals surface area (Å²) in [5.41, 5.74) is 1.31. The Morgan fingerprint density at radius 2 is 2.11 bits per heavy atom. The minimum atomic E-state index is 1.01. The number of hydrogen-bond acceptors (Lipinski definition) is 1. The van der Waals surface area contributed by atoms with Crippen LogP contribution in [0.25, 0.3) is 0 Å². The van der Waals surface area contributed by atoms with Gasteiger partial charge < -0.3 is 0 Å². The third-order valence-corrected chi connectivity index (χ3v) is 1.34. The lowest BCUT2D eigenvalue weighted by Gasteiger charge is -1.88. The lowest BCUT2D eigenvalue weighted by atomic mass is 10.2. The molecule has 0 aliphatic heterocycles. The van der Waals surface area contributed by atoms with Crippen molar-refractivity contribution in [2.75, 3.05) is 0 Å². The number of rotatable bonds is 2. The topological polar surface area (TPSA) is 12.9 Å². The molecule has 1 unspecified atom stereocenters. The molecule has 1 aromatic heterocycles. The molecule has 0 aromatic carbocycles. The van der Waals surface area contributed by atoms with Crippen LogP contribution in [0.1, 0.15) is 5.56 Å². The van der Waals surface area contributed by atoms with E-state index >= 15 is 0 Å². The quantitative estimate of drug-likeness (QED) is 0.561. The predicted octanol–water partition coefficient (Wildman–Crippen LogP) is 1.30. The summed E-state index contributed by atoms with van der Waals surface area (Å²) in [5.74, 6) is 2.05. The summed E-state index contributed by atoms with van der Waals surface area (Å²) in [5, 5.41) is 0. The first kappa shape index (κ1) is 6.44. The van der Waals surface area contributed by atoms with Gasteiger partial charge in [-0.2, -0.15) is 0 Å². The van der Waals surface area contributed by atoms with Crippen LogP contribution >= 0.6 is 8.86 Å². The summed E-state index contributed by atoms with van der Waals surface area (Å²) in [7, 11) is 2.58. The van der Waals surface area contributed by atoms with Crippen molar-refractivity contribution in [2.24, 2.45) is 0 Å². The van der Waals surface area contributed by atoms with E-state index in [1.165, 1.54) is 5.56 Å². The van der Waals surface area contributed by atoms with E-state index in [4.69, 9.17) is 0 Å². The lowest BCUT2D eigenvalue weighted by Crippen LogP contribution is -1.82. The Bertz CT molecular complexity index is 183. The van der Waals surface area contributed by atoms with Crippen LogP contribution in [-0.2, 0) is 6.42 Å². The SMILES string of the molecule is [PH2+]=CCc1ccncc1. The van der Waals surface area contributed by atoms with Gasteiger partial charge in [0.1, 0.15) is 0 Å². The lowest BCUT2D eigenvalue weighted by molar-refractivity contribution is 1.26. The number of pyridine rings is 1. The zero-order valence-corrected chi connectivity index (χ0v) is 6.27. The largest absolute Gasteiger partial charge is 0.265 e. The average Bonchev–Trinajstić information content (AvgIpc) is 1.91. The first-order valence-electron chi connectivity index (χ1n) is 2.86. The van der Waals surface area contributed by atoms with Gasteiger partial charge in [-0.3, -0.25) is 4.98 Å². The molecule has 46 valence electrons. The molecular formula is C7H9NP+. The second-order valence-corrected chi connectivity index (χ2v) is 2.27. The molecule has 0 spiro atoms. The third kappa shape index (κ3) is 1.95. The monoisotopic (exact) mass is 138 g/mol. The molecule has 0 aliphatic carbocycles. The zero-order valence-electron chi connectivity index (χ0n) is 5.12. The Morgan fingerprint density at radius 3 is 2.67 bits per heavy atom. The molecule has 0 bridgehead atoms. The van der Waals surface area contributed by atoms with Crippen molar-refractivity contribution >= 4 is 14.7 Å². The maximum absolute atomic E-state index is 3.91. The van der Waals surface area contributed by atoms with Crippen LogP contribution in [0.5, 0.6) is 0 Å². The van der Waals surface area contributed by atoms with Gasteiger partial charge in [0.2, 0.25) is 0 Å². The van der Waals surface area contributed by atoms with Gasteiger partial charge in [0.25, 0.3) is 0 Å². The van der Waals surface area contributed by atoms with Crippen LogP contribution in [0.3, 0.4) is 0 Å². The first-order valence-corrected chi connectivity index (χ1v) is 3.52. The molecule has 9 heavy (non-hydrogen) atoms. The summed E-state index contributed by atoms with van der Waals surface area (Å²) < 4.78 is 0. The van der Waals surface area contributed by atoms with Crippen molar-refractivity contribution in [2.45, 2.75) is 6.42 Å². The highest BCUT2D eigenvalue weighted by molar-refractivity contribution is 7.18. The van der Waals surface area contributed by atoms with E-state index in [1.807, 2.05) is 24.5 Å². The van der Waals surface area contributed by atoms with Crippen molar-refractivity contribution < 1.29 is 0 Å². The van der Waals surface area contributed by atoms with Gasteiger partial charge in [0.05, 0.1) is 14.7 Å². The minimum Gasteiger partial charge on any atom is -0.265 e. The summed E-state index contributed by atoms with van der Waals surface area (Å²) in [6, 6.07) is 4.03. The van der Waals surface area contributed by atoms with E-state index < -0.39 is 0 Å². The fourth-order valence-electron chi connectivity index (χ4n) is 0.655. The van der Waals surface area contributed by atoms with E-state index in [2.05, 4.69) is 19.6 Å². The van der Waals surface area contributed by atoms with Gasteiger partial charge >= 0.3 is 0 Å². The summed E-state index contributed by atoms with van der Waals surface area (Å²) in [6.07, 6.45) is 4.63. The summed E-state index contributed by atoms with van der Waals surface area (Å²) >= 11 is 0. The molecule has 0 amide bonds. The average molecular weight is 138 g/mol. The normalized spacial score (nSPS) is 8.89. The molecule has 0 saturated heterocycles. The van der Waals surface area contributed by atoms with Crippen LogP contribution in [0.4, 0.5) is 0 Å². The molecule has 0 saturated carbocycles. The Balaban J connectivity index is 2.72. The number of aromatic nitrogens is 1. The van der Waals surface area contributed by atoms with Gasteiger partial charge in [-0.05, 0) is 17.7 Å². The second kappa shape index (κ2) is 3.37. The van der Waals surface area contributed by atoms with Gasteiger partial charge in [-0.25, -0.2) is 0 Å². The predicted molar refractivity (Wildman–Crippen MR) is 43.7 cm³/mol. The zero-order chi connectivity index (χ0) is 6.53. The Labute approximate surface area is 57.0 Å². The Morgan fingerprint density at radius 1 is 1.44 bits per heavy atom. The van der Waals surface area contributed by atoms with Crippen LogP contribution in [0.15, 0.2) is 24.5 Å². The standard InChI is InChI=1S/C7H8NP/c9-6-3-7-1-4-8-5-2-7/h1-2,4-6,9H,3H2/p+1. The van der Waals surface area contributed by atoms with Gasteiger partial charge in [0.15, 0.2) is 0 Å². The molecule has 2 heteroatoms. The molecular weight excluding hydrogens is 129 g/mol.